The van der Waals surface area contributed by atoms with Gasteiger partial charge in [0.1, 0.15) is 5.82 Å². The zero-order valence-electron chi connectivity index (χ0n) is 16.4. The van der Waals surface area contributed by atoms with E-state index in [-0.39, 0.29) is 11.7 Å². The summed E-state index contributed by atoms with van der Waals surface area (Å²) < 4.78 is 14.8. The Kier molecular flexibility index (Phi) is 6.26. The molecule has 0 bridgehead atoms. The van der Waals surface area contributed by atoms with Crippen LogP contribution in [0.1, 0.15) is 17.5 Å². The van der Waals surface area contributed by atoms with Gasteiger partial charge in [-0.25, -0.2) is 9.07 Å². The van der Waals surface area contributed by atoms with Crippen molar-refractivity contribution in [3.63, 3.8) is 0 Å². The number of benzene rings is 2. The van der Waals surface area contributed by atoms with E-state index in [9.17, 15) is 9.18 Å². The summed E-state index contributed by atoms with van der Waals surface area (Å²) in [5, 5.41) is 7.99. The van der Waals surface area contributed by atoms with Gasteiger partial charge < -0.3 is 5.32 Å². The van der Waals surface area contributed by atoms with Gasteiger partial charge in [0.05, 0.1) is 18.4 Å². The zero-order valence-corrected chi connectivity index (χ0v) is 17.1. The Labute approximate surface area is 179 Å². The summed E-state index contributed by atoms with van der Waals surface area (Å²) in [7, 11) is 0. The molecule has 2 aromatic carbocycles. The van der Waals surface area contributed by atoms with Gasteiger partial charge in [-0.3, -0.25) is 9.69 Å². The normalized spacial score (nSPS) is 14.4. The van der Waals surface area contributed by atoms with Crippen molar-refractivity contribution in [1.29, 1.82) is 0 Å². The summed E-state index contributed by atoms with van der Waals surface area (Å²) >= 11 is 5.97. The number of nitrogens with one attached hydrogen (secondary N) is 1. The molecule has 0 spiro atoms. The number of nitrogens with zero attached hydrogens (tertiary/aromatic N) is 3. The Morgan fingerprint density at radius 3 is 2.77 bits per heavy atom. The molecule has 1 aliphatic heterocycles. The smallest absolute Gasteiger partial charge is 0.234 e. The lowest BCUT2D eigenvalue weighted by atomic mass is 10.0. The van der Waals surface area contributed by atoms with E-state index in [1.807, 2.05) is 36.7 Å². The molecule has 5 nitrogen and oxygen atoms in total. The lowest BCUT2D eigenvalue weighted by Crippen LogP contribution is -2.39. The van der Waals surface area contributed by atoms with E-state index in [0.717, 1.165) is 29.8 Å². The van der Waals surface area contributed by atoms with Crippen molar-refractivity contribution in [1.82, 2.24) is 20.0 Å². The highest BCUT2D eigenvalue weighted by molar-refractivity contribution is 6.30. The second kappa shape index (κ2) is 9.24. The van der Waals surface area contributed by atoms with Gasteiger partial charge in [0.15, 0.2) is 0 Å². The molecule has 1 aliphatic rings. The van der Waals surface area contributed by atoms with Crippen LogP contribution in [0.4, 0.5) is 4.39 Å². The Morgan fingerprint density at radius 2 is 2.03 bits per heavy atom. The number of rotatable bonds is 6. The van der Waals surface area contributed by atoms with Crippen molar-refractivity contribution in [2.45, 2.75) is 13.0 Å². The minimum Gasteiger partial charge on any atom is -0.351 e. The van der Waals surface area contributed by atoms with Gasteiger partial charge in [0.2, 0.25) is 5.91 Å². The zero-order chi connectivity index (χ0) is 20.9. The highest BCUT2D eigenvalue weighted by Gasteiger charge is 2.17. The minimum atomic E-state index is -0.266. The fourth-order valence-electron chi connectivity index (χ4n) is 3.45. The van der Waals surface area contributed by atoms with Crippen molar-refractivity contribution in [3.05, 3.63) is 89.0 Å². The molecule has 3 aromatic rings. The van der Waals surface area contributed by atoms with Crippen LogP contribution in [0.15, 0.2) is 67.0 Å². The molecule has 4 rings (SSSR count). The van der Waals surface area contributed by atoms with Gasteiger partial charge in [-0.1, -0.05) is 29.8 Å². The Balaban J connectivity index is 1.30. The number of hydrogen-bond donors (Lipinski definition) is 1. The molecule has 0 saturated heterocycles. The predicted octanol–water partition coefficient (Wildman–Crippen LogP) is 4.07. The van der Waals surface area contributed by atoms with E-state index in [2.05, 4.69) is 21.4 Å². The molecule has 30 heavy (non-hydrogen) atoms. The van der Waals surface area contributed by atoms with Crippen molar-refractivity contribution < 1.29 is 9.18 Å². The topological polar surface area (TPSA) is 50.2 Å². The third kappa shape index (κ3) is 5.14. The number of amides is 1. The SMILES string of the molecule is O=C(CN1CC=C(c2cnn(-c3ccc(F)cc3)c2)CC1)NCc1cccc(Cl)c1. The molecule has 1 amide bonds. The maximum Gasteiger partial charge on any atom is 0.234 e. The molecular weight excluding hydrogens is 403 g/mol. The maximum atomic E-state index is 13.1. The lowest BCUT2D eigenvalue weighted by molar-refractivity contribution is -0.122. The van der Waals surface area contributed by atoms with E-state index in [1.54, 1.807) is 16.8 Å². The number of halogens is 2. The van der Waals surface area contributed by atoms with Gasteiger partial charge in [0, 0.05) is 36.4 Å². The third-order valence-electron chi connectivity index (χ3n) is 5.08. The van der Waals surface area contributed by atoms with E-state index in [0.29, 0.717) is 24.7 Å². The molecule has 0 unspecified atom stereocenters. The van der Waals surface area contributed by atoms with Gasteiger partial charge in [-0.05, 0) is 54.0 Å². The predicted molar refractivity (Wildman–Crippen MR) is 116 cm³/mol. The molecule has 2 heterocycles. The van der Waals surface area contributed by atoms with Crippen molar-refractivity contribution in [3.8, 4) is 5.69 Å². The van der Waals surface area contributed by atoms with E-state index in [1.165, 1.54) is 17.7 Å². The van der Waals surface area contributed by atoms with Gasteiger partial charge in [0.25, 0.3) is 0 Å². The molecule has 0 saturated carbocycles. The lowest BCUT2D eigenvalue weighted by Gasteiger charge is -2.25. The quantitative estimate of drug-likeness (QED) is 0.649. The number of aromatic nitrogens is 2. The minimum absolute atomic E-state index is 0.00375. The first-order valence-corrected chi connectivity index (χ1v) is 10.2. The number of hydrogen-bond acceptors (Lipinski definition) is 3. The Bertz CT molecular complexity index is 1060. The maximum absolute atomic E-state index is 13.1. The van der Waals surface area contributed by atoms with Crippen LogP contribution in [0, 0.1) is 5.82 Å². The van der Waals surface area contributed by atoms with E-state index < -0.39 is 0 Å². The fraction of sp³-hybridized carbons (Fsp3) is 0.217. The first-order valence-electron chi connectivity index (χ1n) is 9.80. The van der Waals surface area contributed by atoms with E-state index >= 15 is 0 Å². The first-order chi connectivity index (χ1) is 14.6. The van der Waals surface area contributed by atoms with Crippen molar-refractivity contribution in [2.75, 3.05) is 19.6 Å². The standard InChI is InChI=1S/C23H22ClFN4O/c24-20-3-1-2-17(12-20)13-26-23(30)16-28-10-8-18(9-11-28)19-14-27-29(15-19)22-6-4-21(25)5-7-22/h1-8,12,14-15H,9-11,13,16H2,(H,26,30). The Morgan fingerprint density at radius 1 is 1.20 bits per heavy atom. The van der Waals surface area contributed by atoms with Crippen LogP contribution in [0.5, 0.6) is 0 Å². The molecule has 0 radical (unpaired) electrons. The molecule has 0 fully saturated rings. The third-order valence-corrected chi connectivity index (χ3v) is 5.32. The second-order valence-electron chi connectivity index (χ2n) is 7.27. The number of carbonyl (C=O) groups is 1. The molecule has 154 valence electrons. The van der Waals surface area contributed by atoms with Crippen LogP contribution in [-0.2, 0) is 11.3 Å². The summed E-state index contributed by atoms with van der Waals surface area (Å²) in [4.78, 5) is 14.4. The largest absolute Gasteiger partial charge is 0.351 e. The van der Waals surface area contributed by atoms with Gasteiger partial charge in [-0.15, -0.1) is 0 Å². The molecular formula is C23H22ClFN4O. The van der Waals surface area contributed by atoms with Crippen molar-refractivity contribution in [2.24, 2.45) is 0 Å². The highest BCUT2D eigenvalue weighted by Crippen LogP contribution is 2.23. The summed E-state index contributed by atoms with van der Waals surface area (Å²) in [6.45, 7) is 2.34. The van der Waals surface area contributed by atoms with Crippen LogP contribution in [-0.4, -0.2) is 40.2 Å². The fourth-order valence-corrected chi connectivity index (χ4v) is 3.66. The second-order valence-corrected chi connectivity index (χ2v) is 7.71. The summed E-state index contributed by atoms with van der Waals surface area (Å²) in [6, 6.07) is 13.7. The average molecular weight is 425 g/mol. The van der Waals surface area contributed by atoms with Gasteiger partial charge >= 0.3 is 0 Å². The highest BCUT2D eigenvalue weighted by atomic mass is 35.5. The average Bonchev–Trinajstić information content (AvgIpc) is 3.24. The van der Waals surface area contributed by atoms with Crippen molar-refractivity contribution >= 4 is 23.1 Å². The van der Waals surface area contributed by atoms with Crippen LogP contribution < -0.4 is 5.32 Å². The summed E-state index contributed by atoms with van der Waals surface area (Å²) in [5.74, 6) is -0.270. The van der Waals surface area contributed by atoms with E-state index in [4.69, 9.17) is 11.6 Å². The molecule has 7 heteroatoms. The molecule has 1 N–H and O–H groups in total. The number of carbonyl (C=O) groups excluding carboxylic acids is 1. The summed E-state index contributed by atoms with van der Waals surface area (Å²) in [5.41, 5.74) is 4.05. The molecule has 1 aromatic heterocycles. The van der Waals surface area contributed by atoms with Gasteiger partial charge in [-0.2, -0.15) is 5.10 Å². The van der Waals surface area contributed by atoms with Crippen LogP contribution >= 0.6 is 11.6 Å². The van der Waals surface area contributed by atoms with Crippen LogP contribution in [0.25, 0.3) is 11.3 Å². The molecule has 0 atom stereocenters. The molecule has 0 aliphatic carbocycles. The first kappa shape index (κ1) is 20.3. The Hall–Kier alpha value is -2.96. The summed E-state index contributed by atoms with van der Waals surface area (Å²) in [6.07, 6.45) is 6.76. The monoisotopic (exact) mass is 424 g/mol. The van der Waals surface area contributed by atoms with Crippen LogP contribution in [0.3, 0.4) is 0 Å². The van der Waals surface area contributed by atoms with Crippen LogP contribution in [0.2, 0.25) is 5.02 Å².